The van der Waals surface area contributed by atoms with Gasteiger partial charge in [-0.2, -0.15) is 5.10 Å². The molecule has 0 amide bonds. The highest BCUT2D eigenvalue weighted by Gasteiger charge is 2.25. The molecule has 1 saturated heterocycles. The second-order valence-electron chi connectivity index (χ2n) is 5.48. The van der Waals surface area contributed by atoms with Gasteiger partial charge in [0.25, 0.3) is 0 Å². The molecule has 2 rings (SSSR count). The van der Waals surface area contributed by atoms with Crippen molar-refractivity contribution < 1.29 is 5.11 Å². The Balaban J connectivity index is 1.88. The fourth-order valence-corrected chi connectivity index (χ4v) is 2.67. The third kappa shape index (κ3) is 3.75. The van der Waals surface area contributed by atoms with E-state index in [9.17, 15) is 5.11 Å². The van der Waals surface area contributed by atoms with Crippen molar-refractivity contribution in [1.29, 1.82) is 0 Å². The molecule has 0 saturated carbocycles. The molecule has 2 unspecified atom stereocenters. The van der Waals surface area contributed by atoms with Crippen molar-refractivity contribution in [2.24, 2.45) is 0 Å². The largest absolute Gasteiger partial charge is 0.393 e. The molecular weight excluding hydrogens is 242 g/mol. The first-order chi connectivity index (χ1) is 9.10. The van der Waals surface area contributed by atoms with Gasteiger partial charge < -0.3 is 14.9 Å². The van der Waals surface area contributed by atoms with E-state index in [1.165, 1.54) is 0 Å². The number of aliphatic hydroxyl groups is 1. The van der Waals surface area contributed by atoms with Crippen LogP contribution in [-0.2, 0) is 13.0 Å². The molecule has 6 nitrogen and oxygen atoms in total. The van der Waals surface area contributed by atoms with Gasteiger partial charge in [-0.05, 0) is 27.4 Å². The Labute approximate surface area is 115 Å². The van der Waals surface area contributed by atoms with Crippen LogP contribution in [0.4, 0.5) is 0 Å². The van der Waals surface area contributed by atoms with Crippen LogP contribution < -0.4 is 0 Å². The summed E-state index contributed by atoms with van der Waals surface area (Å²) in [6.45, 7) is 6.03. The average molecular weight is 267 g/mol. The van der Waals surface area contributed by atoms with E-state index >= 15 is 0 Å². The number of aliphatic hydroxyl groups excluding tert-OH is 1. The van der Waals surface area contributed by atoms with Crippen molar-refractivity contribution in [2.45, 2.75) is 38.5 Å². The minimum Gasteiger partial charge on any atom is -0.393 e. The van der Waals surface area contributed by atoms with Crippen LogP contribution in [-0.4, -0.2) is 75.5 Å². The highest BCUT2D eigenvalue weighted by atomic mass is 16.3. The molecule has 1 fully saturated rings. The highest BCUT2D eigenvalue weighted by Crippen LogP contribution is 2.14. The molecule has 19 heavy (non-hydrogen) atoms. The molecule has 2 heterocycles. The number of hydrogen-bond acceptors (Lipinski definition) is 5. The smallest absolute Gasteiger partial charge is 0.138 e. The molecular formula is C13H25N5O. The Kier molecular flexibility index (Phi) is 4.90. The maximum absolute atomic E-state index is 10.3. The monoisotopic (exact) mass is 267 g/mol. The molecule has 1 aromatic heterocycles. The molecule has 1 aliphatic heterocycles. The topological polar surface area (TPSA) is 57.4 Å². The maximum atomic E-state index is 10.3. The molecule has 108 valence electrons. The van der Waals surface area contributed by atoms with E-state index in [2.05, 4.69) is 34.0 Å². The number of aromatic nitrogens is 3. The van der Waals surface area contributed by atoms with Gasteiger partial charge in [-0.15, -0.1) is 0 Å². The SMILES string of the molecule is CCn1ncnc1CC(O)CC1CN(C)CCN1C. The van der Waals surface area contributed by atoms with E-state index < -0.39 is 0 Å². The van der Waals surface area contributed by atoms with Gasteiger partial charge in [0.1, 0.15) is 12.2 Å². The van der Waals surface area contributed by atoms with Gasteiger partial charge in [0.05, 0.1) is 6.10 Å². The number of hydrogen-bond donors (Lipinski definition) is 1. The molecule has 1 N–H and O–H groups in total. The van der Waals surface area contributed by atoms with Crippen molar-refractivity contribution in [1.82, 2.24) is 24.6 Å². The molecule has 0 spiro atoms. The van der Waals surface area contributed by atoms with Gasteiger partial charge in [0.2, 0.25) is 0 Å². The number of nitrogens with zero attached hydrogens (tertiary/aromatic N) is 5. The van der Waals surface area contributed by atoms with Gasteiger partial charge in [-0.3, -0.25) is 4.68 Å². The van der Waals surface area contributed by atoms with E-state index in [1.807, 2.05) is 11.6 Å². The molecule has 0 radical (unpaired) electrons. The zero-order valence-electron chi connectivity index (χ0n) is 12.2. The lowest BCUT2D eigenvalue weighted by atomic mass is 10.0. The first-order valence-corrected chi connectivity index (χ1v) is 7.03. The Morgan fingerprint density at radius 3 is 2.95 bits per heavy atom. The normalized spacial score (nSPS) is 23.7. The van der Waals surface area contributed by atoms with Gasteiger partial charge in [0, 0.05) is 38.6 Å². The lowest BCUT2D eigenvalue weighted by Crippen LogP contribution is -2.51. The van der Waals surface area contributed by atoms with E-state index in [-0.39, 0.29) is 6.10 Å². The van der Waals surface area contributed by atoms with E-state index in [0.717, 1.165) is 38.4 Å². The fourth-order valence-electron chi connectivity index (χ4n) is 2.67. The van der Waals surface area contributed by atoms with Gasteiger partial charge in [-0.1, -0.05) is 0 Å². The lowest BCUT2D eigenvalue weighted by Gasteiger charge is -2.38. The van der Waals surface area contributed by atoms with Gasteiger partial charge in [0.15, 0.2) is 0 Å². The Morgan fingerprint density at radius 1 is 1.42 bits per heavy atom. The van der Waals surface area contributed by atoms with Crippen LogP contribution in [0.5, 0.6) is 0 Å². The zero-order chi connectivity index (χ0) is 13.8. The Morgan fingerprint density at radius 2 is 2.21 bits per heavy atom. The number of aryl methyl sites for hydroxylation is 1. The first kappa shape index (κ1) is 14.4. The zero-order valence-corrected chi connectivity index (χ0v) is 12.2. The molecule has 1 aliphatic rings. The predicted octanol–water partition coefficient (Wildman–Crippen LogP) is -0.163. The summed E-state index contributed by atoms with van der Waals surface area (Å²) in [5.41, 5.74) is 0. The fraction of sp³-hybridized carbons (Fsp3) is 0.846. The molecule has 2 atom stereocenters. The van der Waals surface area contributed by atoms with Crippen molar-refractivity contribution in [3.63, 3.8) is 0 Å². The van der Waals surface area contributed by atoms with E-state index in [0.29, 0.717) is 12.5 Å². The van der Waals surface area contributed by atoms with Crippen LogP contribution in [0.3, 0.4) is 0 Å². The first-order valence-electron chi connectivity index (χ1n) is 7.03. The number of piperazine rings is 1. The molecule has 1 aromatic rings. The number of rotatable bonds is 5. The van der Waals surface area contributed by atoms with E-state index in [1.54, 1.807) is 6.33 Å². The quantitative estimate of drug-likeness (QED) is 0.803. The van der Waals surface area contributed by atoms with Gasteiger partial charge in [-0.25, -0.2) is 4.98 Å². The lowest BCUT2D eigenvalue weighted by molar-refractivity contribution is 0.0628. The average Bonchev–Trinajstić information content (AvgIpc) is 2.81. The Hall–Kier alpha value is -0.980. The summed E-state index contributed by atoms with van der Waals surface area (Å²) in [5.74, 6) is 0.877. The molecule has 0 aromatic carbocycles. The summed E-state index contributed by atoms with van der Waals surface area (Å²) < 4.78 is 1.85. The standard InChI is InChI=1S/C13H25N5O/c1-4-18-13(14-10-15-18)8-12(19)7-11-9-16(2)5-6-17(11)3/h10-12,19H,4-9H2,1-3H3. The van der Waals surface area contributed by atoms with Gasteiger partial charge >= 0.3 is 0 Å². The molecule has 0 bridgehead atoms. The predicted molar refractivity (Wildman–Crippen MR) is 73.9 cm³/mol. The van der Waals surface area contributed by atoms with Crippen LogP contribution in [0.25, 0.3) is 0 Å². The van der Waals surface area contributed by atoms with Crippen LogP contribution in [0.2, 0.25) is 0 Å². The van der Waals surface area contributed by atoms with Crippen LogP contribution >= 0.6 is 0 Å². The highest BCUT2D eigenvalue weighted by molar-refractivity contribution is 4.90. The molecule has 0 aliphatic carbocycles. The second kappa shape index (κ2) is 6.45. The van der Waals surface area contributed by atoms with E-state index in [4.69, 9.17) is 0 Å². The van der Waals surface area contributed by atoms with Crippen molar-refractivity contribution in [3.8, 4) is 0 Å². The summed E-state index contributed by atoms with van der Waals surface area (Å²) in [7, 11) is 4.28. The minimum atomic E-state index is -0.353. The summed E-state index contributed by atoms with van der Waals surface area (Å²) >= 11 is 0. The number of likely N-dealkylation sites (N-methyl/N-ethyl adjacent to an activating group) is 2. The third-order valence-electron chi connectivity index (χ3n) is 3.94. The molecule has 6 heteroatoms. The maximum Gasteiger partial charge on any atom is 0.138 e. The van der Waals surface area contributed by atoms with Crippen LogP contribution in [0, 0.1) is 0 Å². The summed E-state index contributed by atoms with van der Waals surface area (Å²) in [6, 6.07) is 0.423. The van der Waals surface area contributed by atoms with Crippen LogP contribution in [0.1, 0.15) is 19.2 Å². The van der Waals surface area contributed by atoms with Crippen molar-refractivity contribution in [2.75, 3.05) is 33.7 Å². The second-order valence-corrected chi connectivity index (χ2v) is 5.48. The summed E-state index contributed by atoms with van der Waals surface area (Å²) in [5, 5.41) is 14.4. The van der Waals surface area contributed by atoms with Crippen molar-refractivity contribution in [3.05, 3.63) is 12.2 Å². The Bertz CT molecular complexity index is 394. The van der Waals surface area contributed by atoms with Crippen LogP contribution in [0.15, 0.2) is 6.33 Å². The van der Waals surface area contributed by atoms with Crippen molar-refractivity contribution >= 4 is 0 Å². The summed E-state index contributed by atoms with van der Waals surface area (Å²) in [4.78, 5) is 8.89. The third-order valence-corrected chi connectivity index (χ3v) is 3.94. The minimum absolute atomic E-state index is 0.353. The summed E-state index contributed by atoms with van der Waals surface area (Å²) in [6.07, 6.45) is 2.58.